The van der Waals surface area contributed by atoms with Crippen molar-refractivity contribution in [3.63, 3.8) is 0 Å². The van der Waals surface area contributed by atoms with Crippen LogP contribution in [0.5, 0.6) is 0 Å². The van der Waals surface area contributed by atoms with Gasteiger partial charge in [-0.25, -0.2) is 0 Å². The molecule has 0 aliphatic carbocycles. The van der Waals surface area contributed by atoms with Gasteiger partial charge in [-0.3, -0.25) is 0 Å². The number of rotatable bonds is 5. The van der Waals surface area contributed by atoms with Crippen molar-refractivity contribution in [3.8, 4) is 0 Å². The highest BCUT2D eigenvalue weighted by Gasteiger charge is 2.11. The van der Waals surface area contributed by atoms with E-state index in [-0.39, 0.29) is 0 Å². The molecule has 0 amide bonds. The third-order valence-electron chi connectivity index (χ3n) is 2.50. The average Bonchev–Trinajstić information content (AvgIpc) is 2.25. The molecule has 0 bridgehead atoms. The zero-order valence-corrected chi connectivity index (χ0v) is 12.5. The molecule has 3 heteroatoms. The van der Waals surface area contributed by atoms with Gasteiger partial charge in [0.1, 0.15) is 0 Å². The minimum Gasteiger partial charge on any atom is -0.371 e. The Hall–Kier alpha value is -0.210. The molecule has 0 heterocycles. The Morgan fingerprint density at radius 3 is 2.56 bits per heavy atom. The summed E-state index contributed by atoms with van der Waals surface area (Å²) in [6.07, 6.45) is 0. The quantitative estimate of drug-likeness (QED) is 0.715. The molecule has 0 saturated carbocycles. The monoisotopic (exact) mass is 303 g/mol. The fourth-order valence-electron chi connectivity index (χ4n) is 1.78. The summed E-state index contributed by atoms with van der Waals surface area (Å²) >= 11 is 9.50. The van der Waals surface area contributed by atoms with Gasteiger partial charge in [-0.05, 0) is 30.5 Å². The molecule has 0 fully saturated rings. The zero-order chi connectivity index (χ0) is 12.1. The van der Waals surface area contributed by atoms with E-state index in [4.69, 9.17) is 11.6 Å². The smallest absolute Gasteiger partial charge is 0.0494 e. The van der Waals surface area contributed by atoms with Crippen LogP contribution in [0.25, 0.3) is 0 Å². The fraction of sp³-hybridized carbons (Fsp3) is 0.538. The minimum absolute atomic E-state index is 0.567. The molecule has 0 aromatic heterocycles. The summed E-state index contributed by atoms with van der Waals surface area (Å²) in [5.74, 6) is 1.22. The van der Waals surface area contributed by atoms with Gasteiger partial charge in [-0.1, -0.05) is 35.8 Å². The van der Waals surface area contributed by atoms with Crippen molar-refractivity contribution in [2.24, 2.45) is 5.92 Å². The second-order valence-corrected chi connectivity index (χ2v) is 5.52. The van der Waals surface area contributed by atoms with E-state index < -0.39 is 0 Å². The second-order valence-electron chi connectivity index (χ2n) is 4.34. The van der Waals surface area contributed by atoms with Gasteiger partial charge in [0.15, 0.2) is 0 Å². The van der Waals surface area contributed by atoms with Crippen molar-refractivity contribution >= 4 is 33.2 Å². The summed E-state index contributed by atoms with van der Waals surface area (Å²) in [6.45, 7) is 8.73. The molecule has 16 heavy (non-hydrogen) atoms. The summed E-state index contributed by atoms with van der Waals surface area (Å²) in [7, 11) is 0. The van der Waals surface area contributed by atoms with E-state index in [1.807, 2.05) is 6.07 Å². The van der Waals surface area contributed by atoms with E-state index in [0.29, 0.717) is 11.8 Å². The Kier molecular flexibility index (Phi) is 5.63. The molecule has 0 radical (unpaired) electrons. The lowest BCUT2D eigenvalue weighted by molar-refractivity contribution is 0.618. The molecule has 0 N–H and O–H groups in total. The van der Waals surface area contributed by atoms with Gasteiger partial charge in [-0.2, -0.15) is 0 Å². The Morgan fingerprint density at radius 2 is 2.06 bits per heavy atom. The number of hydrogen-bond acceptors (Lipinski definition) is 1. The van der Waals surface area contributed by atoms with Gasteiger partial charge < -0.3 is 4.90 Å². The number of halogens is 2. The average molecular weight is 305 g/mol. The van der Waals surface area contributed by atoms with Crippen molar-refractivity contribution < 1.29 is 0 Å². The molecule has 0 spiro atoms. The van der Waals surface area contributed by atoms with Crippen LogP contribution in [-0.4, -0.2) is 13.1 Å². The highest BCUT2D eigenvalue weighted by Crippen LogP contribution is 2.27. The van der Waals surface area contributed by atoms with E-state index in [2.05, 4.69) is 53.7 Å². The lowest BCUT2D eigenvalue weighted by atomic mass is 10.1. The molecule has 90 valence electrons. The van der Waals surface area contributed by atoms with Crippen molar-refractivity contribution in [2.75, 3.05) is 18.0 Å². The summed E-state index contributed by atoms with van der Waals surface area (Å²) in [5, 5.41) is 0. The van der Waals surface area contributed by atoms with Crippen LogP contribution >= 0.6 is 27.5 Å². The van der Waals surface area contributed by atoms with Crippen molar-refractivity contribution in [2.45, 2.75) is 26.7 Å². The maximum Gasteiger partial charge on any atom is 0.0494 e. The van der Waals surface area contributed by atoms with Crippen LogP contribution in [-0.2, 0) is 5.88 Å². The zero-order valence-electron chi connectivity index (χ0n) is 10.1. The lowest BCUT2D eigenvalue weighted by Gasteiger charge is -2.27. The van der Waals surface area contributed by atoms with Gasteiger partial charge in [0.05, 0.1) is 0 Å². The normalized spacial score (nSPS) is 10.9. The highest BCUT2D eigenvalue weighted by atomic mass is 79.9. The SMILES string of the molecule is CCN(CC(C)C)c1cc(Br)ccc1CCl. The molecule has 0 unspecified atom stereocenters. The van der Waals surface area contributed by atoms with Crippen molar-refractivity contribution in [1.29, 1.82) is 0 Å². The van der Waals surface area contributed by atoms with Crippen LogP contribution in [0.2, 0.25) is 0 Å². The second kappa shape index (κ2) is 6.51. The third kappa shape index (κ3) is 3.67. The van der Waals surface area contributed by atoms with E-state index in [1.54, 1.807) is 0 Å². The highest BCUT2D eigenvalue weighted by molar-refractivity contribution is 9.10. The number of benzene rings is 1. The Bertz CT molecular complexity index is 339. The fourth-order valence-corrected chi connectivity index (χ4v) is 2.36. The predicted molar refractivity (Wildman–Crippen MR) is 76.4 cm³/mol. The standard InChI is InChI=1S/C13H19BrClN/c1-4-16(9-10(2)3)13-7-12(14)6-5-11(13)8-15/h5-7,10H,4,8-9H2,1-3H3. The Labute approximate surface area is 112 Å². The molecular formula is C13H19BrClN. The third-order valence-corrected chi connectivity index (χ3v) is 3.28. The largest absolute Gasteiger partial charge is 0.371 e. The number of alkyl halides is 1. The van der Waals surface area contributed by atoms with Crippen LogP contribution in [0.4, 0.5) is 5.69 Å². The van der Waals surface area contributed by atoms with Gasteiger partial charge in [0, 0.05) is 29.1 Å². The Balaban J connectivity index is 3.02. The van der Waals surface area contributed by atoms with Gasteiger partial charge >= 0.3 is 0 Å². The molecule has 0 aliphatic rings. The first-order chi connectivity index (χ1) is 7.58. The number of anilines is 1. The van der Waals surface area contributed by atoms with E-state index in [1.165, 1.54) is 11.3 Å². The molecule has 1 rings (SSSR count). The molecule has 1 aromatic rings. The van der Waals surface area contributed by atoms with Gasteiger partial charge in [0.2, 0.25) is 0 Å². The molecular weight excluding hydrogens is 286 g/mol. The summed E-state index contributed by atoms with van der Waals surface area (Å²) in [5.41, 5.74) is 2.45. The van der Waals surface area contributed by atoms with Crippen LogP contribution in [0.3, 0.4) is 0 Å². The molecule has 0 atom stereocenters. The number of hydrogen-bond donors (Lipinski definition) is 0. The van der Waals surface area contributed by atoms with Crippen LogP contribution in [0.15, 0.2) is 22.7 Å². The first-order valence-corrected chi connectivity index (χ1v) is 7.00. The summed E-state index contributed by atoms with van der Waals surface area (Å²) in [6, 6.07) is 6.30. The van der Waals surface area contributed by atoms with E-state index in [9.17, 15) is 0 Å². The van der Waals surface area contributed by atoms with E-state index >= 15 is 0 Å². The molecule has 0 saturated heterocycles. The number of nitrogens with zero attached hydrogens (tertiary/aromatic N) is 1. The molecule has 0 aliphatic heterocycles. The molecule has 1 nitrogen and oxygen atoms in total. The summed E-state index contributed by atoms with van der Waals surface area (Å²) < 4.78 is 1.11. The van der Waals surface area contributed by atoms with Crippen LogP contribution in [0, 0.1) is 5.92 Å². The van der Waals surface area contributed by atoms with Crippen LogP contribution in [0.1, 0.15) is 26.3 Å². The van der Waals surface area contributed by atoms with Crippen molar-refractivity contribution in [3.05, 3.63) is 28.2 Å². The maximum atomic E-state index is 5.98. The Morgan fingerprint density at radius 1 is 1.38 bits per heavy atom. The van der Waals surface area contributed by atoms with E-state index in [0.717, 1.165) is 17.6 Å². The van der Waals surface area contributed by atoms with Gasteiger partial charge in [-0.15, -0.1) is 11.6 Å². The first kappa shape index (κ1) is 13.9. The van der Waals surface area contributed by atoms with Crippen LogP contribution < -0.4 is 4.90 Å². The minimum atomic E-state index is 0.567. The summed E-state index contributed by atoms with van der Waals surface area (Å²) in [4.78, 5) is 2.38. The topological polar surface area (TPSA) is 3.24 Å². The maximum absolute atomic E-state index is 5.98. The first-order valence-electron chi connectivity index (χ1n) is 5.67. The molecule has 1 aromatic carbocycles. The predicted octanol–water partition coefficient (Wildman–Crippen LogP) is 4.67. The van der Waals surface area contributed by atoms with Gasteiger partial charge in [0.25, 0.3) is 0 Å². The lowest BCUT2D eigenvalue weighted by Crippen LogP contribution is -2.28. The van der Waals surface area contributed by atoms with Crippen molar-refractivity contribution in [1.82, 2.24) is 0 Å².